The van der Waals surface area contributed by atoms with E-state index >= 15 is 0 Å². The first-order chi connectivity index (χ1) is 12.2. The summed E-state index contributed by atoms with van der Waals surface area (Å²) in [5.74, 6) is -1.37. The topological polar surface area (TPSA) is 95.0 Å². The third-order valence-corrected chi connectivity index (χ3v) is 7.22. The highest BCUT2D eigenvalue weighted by atomic mass is 32.2. The Balaban J connectivity index is 1.91. The average Bonchev–Trinajstić information content (AvgIpc) is 3.10. The summed E-state index contributed by atoms with van der Waals surface area (Å²) in [6.45, 7) is 0.715. The summed E-state index contributed by atoms with van der Waals surface area (Å²) in [6, 6.07) is 6.34. The first-order valence-electron chi connectivity index (χ1n) is 7.86. The van der Waals surface area contributed by atoms with Crippen LogP contribution in [-0.4, -0.2) is 55.2 Å². The van der Waals surface area contributed by atoms with Crippen LogP contribution in [0.25, 0.3) is 0 Å². The lowest BCUT2D eigenvalue weighted by Gasteiger charge is -2.29. The number of nitrogens with zero attached hydrogens (tertiary/aromatic N) is 2. The fraction of sp³-hybridized carbons (Fsp3) is 0.294. The van der Waals surface area contributed by atoms with Crippen LogP contribution in [0, 0.1) is 0 Å². The van der Waals surface area contributed by atoms with E-state index in [0.29, 0.717) is 13.0 Å². The SMILES string of the molecule is CN(C)S(=O)(=O)c1ccsc1C(=O)N1CCc2ccc(C(=O)O)cc2C1. The number of carboxylic acid groups (broad SMARTS) is 1. The second kappa shape index (κ2) is 6.82. The average molecular weight is 394 g/mol. The van der Waals surface area contributed by atoms with Gasteiger partial charge in [0, 0.05) is 27.2 Å². The number of benzene rings is 1. The number of hydrogen-bond acceptors (Lipinski definition) is 5. The molecule has 3 rings (SSSR count). The highest BCUT2D eigenvalue weighted by Crippen LogP contribution is 2.28. The number of amides is 1. The van der Waals surface area contributed by atoms with Gasteiger partial charge in [-0.05, 0) is 41.1 Å². The molecule has 1 aromatic carbocycles. The fourth-order valence-electron chi connectivity index (χ4n) is 2.86. The van der Waals surface area contributed by atoms with Crippen LogP contribution in [-0.2, 0) is 23.0 Å². The second-order valence-electron chi connectivity index (χ2n) is 6.17. The molecule has 1 N–H and O–H groups in total. The number of carboxylic acids is 1. The molecule has 0 spiro atoms. The van der Waals surface area contributed by atoms with Crippen LogP contribution in [0.4, 0.5) is 0 Å². The van der Waals surface area contributed by atoms with Crippen molar-refractivity contribution in [1.29, 1.82) is 0 Å². The smallest absolute Gasteiger partial charge is 0.335 e. The molecule has 1 aliphatic heterocycles. The predicted molar refractivity (Wildman–Crippen MR) is 97.0 cm³/mol. The molecule has 0 aliphatic carbocycles. The summed E-state index contributed by atoms with van der Waals surface area (Å²) in [4.78, 5) is 25.8. The maximum atomic E-state index is 12.9. The molecule has 1 aromatic heterocycles. The van der Waals surface area contributed by atoms with E-state index in [9.17, 15) is 18.0 Å². The maximum absolute atomic E-state index is 12.9. The Kier molecular flexibility index (Phi) is 4.87. The van der Waals surface area contributed by atoms with Crippen LogP contribution in [0.3, 0.4) is 0 Å². The number of carbonyl (C=O) groups is 2. The molecule has 9 heteroatoms. The minimum atomic E-state index is -3.71. The molecule has 1 aliphatic rings. The van der Waals surface area contributed by atoms with Crippen molar-refractivity contribution in [3.63, 3.8) is 0 Å². The van der Waals surface area contributed by atoms with Gasteiger partial charge in [-0.1, -0.05) is 6.07 Å². The van der Waals surface area contributed by atoms with E-state index in [0.717, 1.165) is 26.8 Å². The normalized spacial score (nSPS) is 14.3. The quantitative estimate of drug-likeness (QED) is 0.855. The third kappa shape index (κ3) is 3.25. The molecule has 2 heterocycles. The zero-order chi connectivity index (χ0) is 19.1. The van der Waals surface area contributed by atoms with Gasteiger partial charge in [0.2, 0.25) is 10.0 Å². The van der Waals surface area contributed by atoms with Gasteiger partial charge in [-0.25, -0.2) is 17.5 Å². The van der Waals surface area contributed by atoms with Gasteiger partial charge in [0.05, 0.1) is 5.56 Å². The summed E-state index contributed by atoms with van der Waals surface area (Å²) in [6.07, 6.45) is 0.599. The Bertz CT molecular complexity index is 979. The number of fused-ring (bicyclic) bond motifs is 1. The Morgan fingerprint density at radius 1 is 1.19 bits per heavy atom. The van der Waals surface area contributed by atoms with Gasteiger partial charge in [0.25, 0.3) is 5.91 Å². The van der Waals surface area contributed by atoms with E-state index in [-0.39, 0.29) is 27.8 Å². The van der Waals surface area contributed by atoms with Crippen molar-refractivity contribution < 1.29 is 23.1 Å². The van der Waals surface area contributed by atoms with Gasteiger partial charge < -0.3 is 10.0 Å². The van der Waals surface area contributed by atoms with Gasteiger partial charge in [-0.2, -0.15) is 0 Å². The summed E-state index contributed by atoms with van der Waals surface area (Å²) < 4.78 is 25.9. The first kappa shape index (κ1) is 18.6. The number of carbonyl (C=O) groups excluding carboxylic acids is 1. The molecular weight excluding hydrogens is 376 g/mol. The monoisotopic (exact) mass is 394 g/mol. The van der Waals surface area contributed by atoms with Crippen LogP contribution in [0.2, 0.25) is 0 Å². The molecule has 0 radical (unpaired) electrons. The Morgan fingerprint density at radius 2 is 1.92 bits per heavy atom. The van der Waals surface area contributed by atoms with E-state index in [1.807, 2.05) is 0 Å². The van der Waals surface area contributed by atoms with Crippen molar-refractivity contribution in [2.24, 2.45) is 0 Å². The van der Waals surface area contributed by atoms with Crippen molar-refractivity contribution >= 4 is 33.2 Å². The van der Waals surface area contributed by atoms with Crippen molar-refractivity contribution in [3.05, 3.63) is 51.2 Å². The first-order valence-corrected chi connectivity index (χ1v) is 10.2. The lowest BCUT2D eigenvalue weighted by molar-refractivity contribution is 0.0696. The summed E-state index contributed by atoms with van der Waals surface area (Å²) >= 11 is 1.09. The van der Waals surface area contributed by atoms with Crippen molar-refractivity contribution in [3.8, 4) is 0 Å². The molecule has 0 saturated heterocycles. The highest BCUT2D eigenvalue weighted by Gasteiger charge is 2.30. The van der Waals surface area contributed by atoms with Gasteiger partial charge in [-0.15, -0.1) is 11.3 Å². The Hall–Kier alpha value is -2.23. The molecule has 0 saturated carbocycles. The van der Waals surface area contributed by atoms with Gasteiger partial charge in [0.1, 0.15) is 9.77 Å². The zero-order valence-electron chi connectivity index (χ0n) is 14.3. The largest absolute Gasteiger partial charge is 0.478 e. The van der Waals surface area contributed by atoms with Crippen molar-refractivity contribution in [1.82, 2.24) is 9.21 Å². The molecule has 138 valence electrons. The van der Waals surface area contributed by atoms with Crippen molar-refractivity contribution in [2.45, 2.75) is 17.9 Å². The number of rotatable bonds is 4. The zero-order valence-corrected chi connectivity index (χ0v) is 15.9. The molecule has 0 unspecified atom stereocenters. The minimum absolute atomic E-state index is 0.00239. The van der Waals surface area contributed by atoms with E-state index in [2.05, 4.69) is 0 Å². The van der Waals surface area contributed by atoms with E-state index < -0.39 is 16.0 Å². The summed E-state index contributed by atoms with van der Waals surface area (Å²) in [7, 11) is -0.863. The van der Waals surface area contributed by atoms with Crippen molar-refractivity contribution in [2.75, 3.05) is 20.6 Å². The van der Waals surface area contributed by atoms with E-state index in [1.54, 1.807) is 28.5 Å². The standard InChI is InChI=1S/C17H18N2O5S2/c1-18(2)26(23,24)14-6-8-25-15(14)16(20)19-7-5-11-3-4-12(17(21)22)9-13(11)10-19/h3-4,6,8-9H,5,7,10H2,1-2H3,(H,21,22). The molecule has 0 atom stereocenters. The Morgan fingerprint density at radius 3 is 2.58 bits per heavy atom. The second-order valence-corrected chi connectivity index (χ2v) is 9.20. The fourth-order valence-corrected chi connectivity index (χ4v) is 5.12. The number of aromatic carboxylic acids is 1. The molecular formula is C17H18N2O5S2. The van der Waals surface area contributed by atoms with E-state index in [4.69, 9.17) is 5.11 Å². The van der Waals surface area contributed by atoms with Gasteiger partial charge in [0.15, 0.2) is 0 Å². The third-order valence-electron chi connectivity index (χ3n) is 4.33. The Labute approximate surface area is 155 Å². The molecule has 1 amide bonds. The summed E-state index contributed by atoms with van der Waals surface area (Å²) in [5, 5.41) is 10.7. The number of hydrogen-bond donors (Lipinski definition) is 1. The van der Waals surface area contributed by atoms with Gasteiger partial charge >= 0.3 is 5.97 Å². The predicted octanol–water partition coefficient (Wildman–Crippen LogP) is 1.90. The molecule has 7 nitrogen and oxygen atoms in total. The lowest BCUT2D eigenvalue weighted by atomic mass is 9.97. The van der Waals surface area contributed by atoms with Crippen LogP contribution >= 0.6 is 11.3 Å². The van der Waals surface area contributed by atoms with Crippen LogP contribution in [0.1, 0.15) is 31.2 Å². The molecule has 2 aromatic rings. The molecule has 26 heavy (non-hydrogen) atoms. The molecule has 0 fully saturated rings. The van der Waals surface area contributed by atoms with Crippen LogP contribution in [0.15, 0.2) is 34.5 Å². The number of sulfonamides is 1. The van der Waals surface area contributed by atoms with E-state index in [1.165, 1.54) is 20.2 Å². The minimum Gasteiger partial charge on any atom is -0.478 e. The van der Waals surface area contributed by atoms with Crippen LogP contribution < -0.4 is 0 Å². The lowest BCUT2D eigenvalue weighted by Crippen LogP contribution is -2.36. The molecule has 0 bridgehead atoms. The number of thiophene rings is 1. The summed E-state index contributed by atoms with van der Waals surface area (Å²) in [5.41, 5.74) is 1.95. The van der Waals surface area contributed by atoms with Gasteiger partial charge in [-0.3, -0.25) is 4.79 Å². The maximum Gasteiger partial charge on any atom is 0.335 e. The highest BCUT2D eigenvalue weighted by molar-refractivity contribution is 7.89. The van der Waals surface area contributed by atoms with Crippen LogP contribution in [0.5, 0.6) is 0 Å².